The molecule has 5 nitrogen and oxygen atoms in total. The highest BCUT2D eigenvalue weighted by atomic mass is 16.6. The van der Waals surface area contributed by atoms with Crippen molar-refractivity contribution in [2.75, 3.05) is 0 Å². The van der Waals surface area contributed by atoms with Crippen LogP contribution in [0.4, 0.5) is 0 Å². The maximum atomic E-state index is 11.0. The summed E-state index contributed by atoms with van der Waals surface area (Å²) in [5, 5.41) is 22.2. The average Bonchev–Trinajstić information content (AvgIpc) is 2.40. The largest absolute Gasteiger partial charge is 0.313 e. The highest BCUT2D eigenvalue weighted by Crippen LogP contribution is 2.25. The molecule has 1 aliphatic carbocycles. The predicted octanol–water partition coefficient (Wildman–Crippen LogP) is 2.47. The average molecular weight is 250 g/mol. The molecule has 0 spiro atoms. The molecule has 0 unspecified atom stereocenters. The Kier molecular flexibility index (Phi) is 4.28. The van der Waals surface area contributed by atoms with Gasteiger partial charge in [0.1, 0.15) is 6.04 Å². The lowest BCUT2D eigenvalue weighted by molar-refractivity contribution is -0.538. The second-order valence-electron chi connectivity index (χ2n) is 4.79. The summed E-state index contributed by atoms with van der Waals surface area (Å²) >= 11 is 0. The fraction of sp³-hybridized carbons (Fsp3) is 0.538. The van der Waals surface area contributed by atoms with Crippen LogP contribution in [0.1, 0.15) is 31.2 Å². The van der Waals surface area contributed by atoms with E-state index in [-0.39, 0.29) is 11.0 Å². The lowest BCUT2D eigenvalue weighted by Gasteiger charge is -2.31. The van der Waals surface area contributed by atoms with Crippen molar-refractivity contribution in [1.82, 2.24) is 5.06 Å². The van der Waals surface area contributed by atoms with Crippen molar-refractivity contribution in [3.63, 3.8) is 0 Å². The zero-order valence-corrected chi connectivity index (χ0v) is 10.2. The van der Waals surface area contributed by atoms with Crippen molar-refractivity contribution in [3.05, 3.63) is 46.0 Å². The van der Waals surface area contributed by atoms with Gasteiger partial charge in [0, 0.05) is 17.9 Å². The molecule has 1 saturated carbocycles. The molecule has 0 saturated heterocycles. The van der Waals surface area contributed by atoms with Gasteiger partial charge in [-0.05, 0) is 18.4 Å². The van der Waals surface area contributed by atoms with E-state index >= 15 is 0 Å². The van der Waals surface area contributed by atoms with Gasteiger partial charge in [0.25, 0.3) is 0 Å². The van der Waals surface area contributed by atoms with Crippen LogP contribution >= 0.6 is 0 Å². The molecule has 0 bridgehead atoms. The smallest absolute Gasteiger partial charge is 0.230 e. The lowest BCUT2D eigenvalue weighted by Crippen LogP contribution is -2.47. The van der Waals surface area contributed by atoms with Gasteiger partial charge in [-0.1, -0.05) is 36.8 Å². The second kappa shape index (κ2) is 5.93. The zero-order valence-electron chi connectivity index (χ0n) is 10.2. The van der Waals surface area contributed by atoms with E-state index in [1.807, 2.05) is 30.3 Å². The van der Waals surface area contributed by atoms with Crippen molar-refractivity contribution in [2.24, 2.45) is 0 Å². The van der Waals surface area contributed by atoms with Crippen LogP contribution < -0.4 is 0 Å². The molecule has 1 aromatic carbocycles. The maximum absolute atomic E-state index is 11.0. The van der Waals surface area contributed by atoms with Crippen molar-refractivity contribution < 1.29 is 10.1 Å². The molecule has 0 amide bonds. The molecule has 98 valence electrons. The van der Waals surface area contributed by atoms with Crippen LogP contribution in [0.25, 0.3) is 0 Å². The van der Waals surface area contributed by atoms with Gasteiger partial charge in [-0.25, -0.2) is 0 Å². The van der Waals surface area contributed by atoms with Gasteiger partial charge in [-0.3, -0.25) is 10.1 Å². The third kappa shape index (κ3) is 3.05. The summed E-state index contributed by atoms with van der Waals surface area (Å²) in [6.45, 7) is 0.343. The number of nitrogens with zero attached hydrogens (tertiary/aromatic N) is 2. The maximum Gasteiger partial charge on any atom is 0.230 e. The first kappa shape index (κ1) is 13.0. The highest BCUT2D eigenvalue weighted by molar-refractivity contribution is 5.14. The standard InChI is InChI=1S/C13H18N2O3/c16-14(10-11-6-2-1-3-7-11)12-8-4-5-9-13(12)15(17)18/h1-3,6-7,12-13,16H,4-5,8-10H2/t12-,13+/m0/s1. The summed E-state index contributed by atoms with van der Waals surface area (Å²) < 4.78 is 0. The highest BCUT2D eigenvalue weighted by Gasteiger charge is 2.37. The summed E-state index contributed by atoms with van der Waals surface area (Å²) in [6.07, 6.45) is 3.07. The number of rotatable bonds is 4. The quantitative estimate of drug-likeness (QED) is 0.658. The molecule has 5 heteroatoms. The van der Waals surface area contributed by atoms with Gasteiger partial charge in [0.2, 0.25) is 6.04 Å². The topological polar surface area (TPSA) is 66.6 Å². The Morgan fingerprint density at radius 2 is 1.94 bits per heavy atom. The zero-order chi connectivity index (χ0) is 13.0. The third-order valence-corrected chi connectivity index (χ3v) is 3.53. The van der Waals surface area contributed by atoms with Gasteiger partial charge < -0.3 is 5.21 Å². The van der Waals surface area contributed by atoms with Crippen LogP contribution in [0.2, 0.25) is 0 Å². The van der Waals surface area contributed by atoms with Crippen LogP contribution in [0.5, 0.6) is 0 Å². The Hall–Kier alpha value is -1.46. The Morgan fingerprint density at radius 1 is 1.28 bits per heavy atom. The summed E-state index contributed by atoms with van der Waals surface area (Å²) in [6, 6.07) is 8.51. The fourth-order valence-electron chi connectivity index (χ4n) is 2.57. The Labute approximate surface area is 106 Å². The molecule has 2 atom stereocenters. The van der Waals surface area contributed by atoms with Crippen LogP contribution in [-0.4, -0.2) is 27.3 Å². The van der Waals surface area contributed by atoms with Crippen LogP contribution in [0, 0.1) is 10.1 Å². The summed E-state index contributed by atoms with van der Waals surface area (Å²) in [7, 11) is 0. The van der Waals surface area contributed by atoms with E-state index < -0.39 is 6.04 Å². The number of hydrogen-bond donors (Lipinski definition) is 1. The SMILES string of the molecule is O=[N+]([O-])[C@@H]1CCCC[C@@H]1N(O)Cc1ccccc1. The van der Waals surface area contributed by atoms with E-state index in [9.17, 15) is 15.3 Å². The van der Waals surface area contributed by atoms with Gasteiger partial charge >= 0.3 is 0 Å². The van der Waals surface area contributed by atoms with Crippen molar-refractivity contribution in [1.29, 1.82) is 0 Å². The molecule has 1 N–H and O–H groups in total. The normalized spacial score (nSPS) is 24.1. The minimum absolute atomic E-state index is 0.252. The monoisotopic (exact) mass is 250 g/mol. The van der Waals surface area contributed by atoms with E-state index in [0.717, 1.165) is 23.5 Å². The van der Waals surface area contributed by atoms with Gasteiger partial charge in [-0.2, -0.15) is 5.06 Å². The minimum atomic E-state index is -0.646. The Balaban J connectivity index is 2.02. The third-order valence-electron chi connectivity index (χ3n) is 3.53. The molecule has 0 heterocycles. The molecule has 2 rings (SSSR count). The minimum Gasteiger partial charge on any atom is -0.313 e. The summed E-state index contributed by atoms with van der Waals surface area (Å²) in [4.78, 5) is 10.7. The van der Waals surface area contributed by atoms with Gasteiger partial charge in [0.05, 0.1) is 0 Å². The first-order valence-corrected chi connectivity index (χ1v) is 6.31. The number of hydroxylamine groups is 2. The molecule has 0 aliphatic heterocycles. The molecular formula is C13H18N2O3. The predicted molar refractivity (Wildman–Crippen MR) is 66.8 cm³/mol. The van der Waals surface area contributed by atoms with E-state index in [1.54, 1.807) is 0 Å². The molecule has 1 aromatic rings. The van der Waals surface area contributed by atoms with Gasteiger partial charge in [0.15, 0.2) is 0 Å². The Morgan fingerprint density at radius 3 is 2.61 bits per heavy atom. The molecule has 1 aliphatic rings. The van der Waals surface area contributed by atoms with Crippen LogP contribution in [0.15, 0.2) is 30.3 Å². The molecular weight excluding hydrogens is 232 g/mol. The summed E-state index contributed by atoms with van der Waals surface area (Å²) in [5.74, 6) is 0. The van der Waals surface area contributed by atoms with Crippen molar-refractivity contribution >= 4 is 0 Å². The molecule has 1 fully saturated rings. The van der Waals surface area contributed by atoms with E-state index in [2.05, 4.69) is 0 Å². The second-order valence-corrected chi connectivity index (χ2v) is 4.79. The van der Waals surface area contributed by atoms with E-state index in [0.29, 0.717) is 19.4 Å². The van der Waals surface area contributed by atoms with Crippen LogP contribution in [-0.2, 0) is 6.54 Å². The fourth-order valence-corrected chi connectivity index (χ4v) is 2.57. The molecule has 0 radical (unpaired) electrons. The number of benzene rings is 1. The van der Waals surface area contributed by atoms with Gasteiger partial charge in [-0.15, -0.1) is 0 Å². The Bertz CT molecular complexity index is 396. The first-order chi connectivity index (χ1) is 8.68. The molecule has 0 aromatic heterocycles. The van der Waals surface area contributed by atoms with E-state index in [1.165, 1.54) is 0 Å². The van der Waals surface area contributed by atoms with Crippen molar-refractivity contribution in [2.45, 2.75) is 44.3 Å². The van der Waals surface area contributed by atoms with E-state index in [4.69, 9.17) is 0 Å². The number of nitro groups is 1. The number of hydrogen-bond acceptors (Lipinski definition) is 4. The lowest BCUT2D eigenvalue weighted by atomic mass is 9.90. The summed E-state index contributed by atoms with van der Waals surface area (Å²) in [5.41, 5.74) is 0.965. The van der Waals surface area contributed by atoms with Crippen LogP contribution in [0.3, 0.4) is 0 Å². The first-order valence-electron chi connectivity index (χ1n) is 6.31. The molecule has 18 heavy (non-hydrogen) atoms. The van der Waals surface area contributed by atoms with Crippen molar-refractivity contribution in [3.8, 4) is 0 Å².